The van der Waals surface area contributed by atoms with Crippen molar-refractivity contribution in [1.29, 1.82) is 0 Å². The highest BCUT2D eigenvalue weighted by atomic mass is 16.3. The molecular weight excluding hydrogens is 424 g/mol. The van der Waals surface area contributed by atoms with Gasteiger partial charge in [-0.15, -0.1) is 0 Å². The normalized spacial score (nSPS) is 18.4. The monoisotopic (exact) mass is 460 g/mol. The largest absolute Gasteiger partial charge is 0.390 e. The fourth-order valence-electron chi connectivity index (χ4n) is 5.59. The first-order chi connectivity index (χ1) is 16.5. The van der Waals surface area contributed by atoms with Gasteiger partial charge in [-0.1, -0.05) is 38.1 Å². The predicted octanol–water partition coefficient (Wildman–Crippen LogP) is 3.69. The van der Waals surface area contributed by atoms with Gasteiger partial charge in [0.15, 0.2) is 0 Å². The number of rotatable bonds is 6. The molecule has 1 N–H and O–H groups in total. The summed E-state index contributed by atoms with van der Waals surface area (Å²) in [4.78, 5) is 17.8. The molecule has 6 nitrogen and oxygen atoms in total. The van der Waals surface area contributed by atoms with E-state index < -0.39 is 6.10 Å². The Morgan fingerprint density at radius 3 is 2.56 bits per heavy atom. The van der Waals surface area contributed by atoms with Gasteiger partial charge in [-0.3, -0.25) is 9.69 Å². The molecule has 5 rings (SSSR count). The number of benzene rings is 2. The van der Waals surface area contributed by atoms with Gasteiger partial charge in [0.1, 0.15) is 0 Å². The maximum atomic E-state index is 13.1. The Kier molecular flexibility index (Phi) is 6.70. The molecule has 1 atom stereocenters. The lowest BCUT2D eigenvalue weighted by Crippen LogP contribution is -2.40. The lowest BCUT2D eigenvalue weighted by atomic mass is 9.86. The summed E-state index contributed by atoms with van der Waals surface area (Å²) in [5, 5.41) is 16.7. The number of piperidine rings is 1. The molecule has 2 aliphatic heterocycles. The van der Waals surface area contributed by atoms with E-state index in [2.05, 4.69) is 65.1 Å². The minimum atomic E-state index is -0.644. The fourth-order valence-corrected chi connectivity index (χ4v) is 5.59. The highest BCUT2D eigenvalue weighted by molar-refractivity contribution is 5.84. The molecule has 34 heavy (non-hydrogen) atoms. The van der Waals surface area contributed by atoms with Crippen molar-refractivity contribution < 1.29 is 5.11 Å². The summed E-state index contributed by atoms with van der Waals surface area (Å²) in [5.74, 6) is 1.54. The molecule has 6 heteroatoms. The van der Waals surface area contributed by atoms with Crippen LogP contribution >= 0.6 is 0 Å². The number of hydrogen-bond acceptors (Lipinski definition) is 5. The average molecular weight is 461 g/mol. The van der Waals surface area contributed by atoms with Gasteiger partial charge < -0.3 is 10.0 Å². The van der Waals surface area contributed by atoms with Gasteiger partial charge in [-0.05, 0) is 60.4 Å². The second kappa shape index (κ2) is 9.88. The number of aliphatic hydroxyl groups excluding tert-OH is 1. The minimum absolute atomic E-state index is 0.134. The molecular formula is C28H36N4O2. The van der Waals surface area contributed by atoms with Crippen molar-refractivity contribution >= 4 is 16.5 Å². The van der Waals surface area contributed by atoms with E-state index in [1.54, 1.807) is 6.20 Å². The molecule has 1 aromatic heterocycles. The predicted molar refractivity (Wildman–Crippen MR) is 137 cm³/mol. The third kappa shape index (κ3) is 4.89. The number of hydrogen-bond donors (Lipinski definition) is 1. The standard InChI is InChI=1S/C28H36N4O2/c1-20(2)21-10-13-31(14-11-21)25-7-8-27-24(15-25)16-29-32(28(27)34)19-26(33)18-30-12-9-22-5-3-4-6-23(22)17-30/h3-8,15-16,20-21,26,33H,9-14,17-19H2,1-2H3/t26-/m1/s1. The summed E-state index contributed by atoms with van der Waals surface area (Å²) in [6, 6.07) is 14.6. The van der Waals surface area contributed by atoms with Crippen LogP contribution in [0.15, 0.2) is 53.5 Å². The van der Waals surface area contributed by atoms with Crippen molar-refractivity contribution in [2.75, 3.05) is 31.1 Å². The number of aliphatic hydroxyl groups is 1. The molecule has 0 radical (unpaired) electrons. The zero-order chi connectivity index (χ0) is 23.7. The number of β-amino-alcohol motifs (C(OH)–C–C–N with tert-alkyl or cyclic N) is 1. The fraction of sp³-hybridized carbons (Fsp3) is 0.500. The first-order valence-corrected chi connectivity index (χ1v) is 12.7. The van der Waals surface area contributed by atoms with Crippen LogP contribution in [0.1, 0.15) is 37.8 Å². The minimum Gasteiger partial charge on any atom is -0.390 e. The first kappa shape index (κ1) is 23.1. The van der Waals surface area contributed by atoms with E-state index in [0.717, 1.165) is 49.8 Å². The Labute approximate surface area is 201 Å². The molecule has 0 amide bonds. The van der Waals surface area contributed by atoms with E-state index in [9.17, 15) is 9.90 Å². The van der Waals surface area contributed by atoms with E-state index in [0.29, 0.717) is 11.9 Å². The van der Waals surface area contributed by atoms with E-state index >= 15 is 0 Å². The molecule has 1 saturated heterocycles. The third-order valence-electron chi connectivity index (χ3n) is 7.75. The number of aromatic nitrogens is 2. The van der Waals surface area contributed by atoms with Gasteiger partial charge in [0.05, 0.1) is 24.2 Å². The van der Waals surface area contributed by atoms with Crippen LogP contribution < -0.4 is 10.5 Å². The molecule has 0 aliphatic carbocycles. The zero-order valence-corrected chi connectivity index (χ0v) is 20.4. The van der Waals surface area contributed by atoms with Crippen LogP contribution in [0, 0.1) is 11.8 Å². The quantitative estimate of drug-likeness (QED) is 0.608. The van der Waals surface area contributed by atoms with E-state index in [4.69, 9.17) is 0 Å². The Bertz CT molecular complexity index is 1200. The van der Waals surface area contributed by atoms with Crippen molar-refractivity contribution in [1.82, 2.24) is 14.7 Å². The average Bonchev–Trinajstić information content (AvgIpc) is 2.85. The molecule has 0 saturated carbocycles. The van der Waals surface area contributed by atoms with Crippen LogP contribution in [0.5, 0.6) is 0 Å². The first-order valence-electron chi connectivity index (χ1n) is 12.7. The van der Waals surface area contributed by atoms with Crippen molar-refractivity contribution in [2.24, 2.45) is 11.8 Å². The van der Waals surface area contributed by atoms with Gasteiger partial charge in [-0.25, -0.2) is 4.68 Å². The summed E-state index contributed by atoms with van der Waals surface area (Å²) in [5.41, 5.74) is 3.75. The van der Waals surface area contributed by atoms with Crippen molar-refractivity contribution in [2.45, 2.75) is 52.3 Å². The van der Waals surface area contributed by atoms with Crippen molar-refractivity contribution in [3.8, 4) is 0 Å². The molecule has 3 heterocycles. The van der Waals surface area contributed by atoms with Crippen LogP contribution in [-0.2, 0) is 19.5 Å². The van der Waals surface area contributed by atoms with Gasteiger partial charge in [0, 0.05) is 43.8 Å². The van der Waals surface area contributed by atoms with Gasteiger partial charge in [0.2, 0.25) is 0 Å². The Balaban J connectivity index is 1.24. The summed E-state index contributed by atoms with van der Waals surface area (Å²) < 4.78 is 1.42. The molecule has 1 fully saturated rings. The smallest absolute Gasteiger partial charge is 0.274 e. The molecule has 0 spiro atoms. The topological polar surface area (TPSA) is 61.6 Å². The van der Waals surface area contributed by atoms with E-state index in [-0.39, 0.29) is 12.1 Å². The zero-order valence-electron chi connectivity index (χ0n) is 20.4. The Hall–Kier alpha value is -2.70. The maximum Gasteiger partial charge on any atom is 0.274 e. The highest BCUT2D eigenvalue weighted by Gasteiger charge is 2.22. The summed E-state index contributed by atoms with van der Waals surface area (Å²) in [7, 11) is 0. The SMILES string of the molecule is CC(C)C1CCN(c2ccc3c(=O)n(C[C@H](O)CN4CCc5ccccc5C4)ncc3c2)CC1. The molecule has 2 aliphatic rings. The summed E-state index contributed by atoms with van der Waals surface area (Å²) >= 11 is 0. The second-order valence-corrected chi connectivity index (χ2v) is 10.4. The van der Waals surface area contributed by atoms with Crippen LogP contribution in [0.2, 0.25) is 0 Å². The molecule has 3 aromatic rings. The van der Waals surface area contributed by atoms with E-state index in [1.165, 1.54) is 34.3 Å². The lowest BCUT2D eigenvalue weighted by Gasteiger charge is -2.35. The van der Waals surface area contributed by atoms with Crippen LogP contribution in [-0.4, -0.2) is 52.1 Å². The van der Waals surface area contributed by atoms with Gasteiger partial charge in [-0.2, -0.15) is 5.10 Å². The summed E-state index contributed by atoms with van der Waals surface area (Å²) in [6.45, 7) is 9.25. The third-order valence-corrected chi connectivity index (χ3v) is 7.75. The number of nitrogens with zero attached hydrogens (tertiary/aromatic N) is 4. The van der Waals surface area contributed by atoms with Crippen molar-refractivity contribution in [3.05, 3.63) is 70.1 Å². The molecule has 0 unspecified atom stereocenters. The highest BCUT2D eigenvalue weighted by Crippen LogP contribution is 2.29. The van der Waals surface area contributed by atoms with Gasteiger partial charge >= 0.3 is 0 Å². The van der Waals surface area contributed by atoms with Crippen LogP contribution in [0.4, 0.5) is 5.69 Å². The maximum absolute atomic E-state index is 13.1. The Morgan fingerprint density at radius 2 is 1.79 bits per heavy atom. The summed E-state index contributed by atoms with van der Waals surface area (Å²) in [6.07, 6.45) is 4.56. The van der Waals surface area contributed by atoms with Gasteiger partial charge in [0.25, 0.3) is 5.56 Å². The second-order valence-electron chi connectivity index (χ2n) is 10.4. The molecule has 2 aromatic carbocycles. The van der Waals surface area contributed by atoms with E-state index in [1.807, 2.05) is 6.07 Å². The lowest BCUT2D eigenvalue weighted by molar-refractivity contribution is 0.0878. The Morgan fingerprint density at radius 1 is 1.03 bits per heavy atom. The van der Waals surface area contributed by atoms with Crippen LogP contribution in [0.3, 0.4) is 0 Å². The number of anilines is 1. The molecule has 0 bridgehead atoms. The molecule has 180 valence electrons. The van der Waals surface area contributed by atoms with Crippen molar-refractivity contribution in [3.63, 3.8) is 0 Å². The number of fused-ring (bicyclic) bond motifs is 2. The van der Waals surface area contributed by atoms with Crippen LogP contribution in [0.25, 0.3) is 10.8 Å².